The van der Waals surface area contributed by atoms with Gasteiger partial charge in [-0.05, 0) is 47.9 Å². The summed E-state index contributed by atoms with van der Waals surface area (Å²) in [5.74, 6) is 0.393. The molecule has 5 rings (SSSR count). The predicted octanol–water partition coefficient (Wildman–Crippen LogP) is 4.41. The monoisotopic (exact) mass is 496 g/mol. The quantitative estimate of drug-likeness (QED) is 0.392. The third-order valence-electron chi connectivity index (χ3n) is 5.97. The molecule has 0 saturated heterocycles. The minimum Gasteiger partial charge on any atom is -0.484 e. The van der Waals surface area contributed by atoms with Crippen molar-refractivity contribution in [3.05, 3.63) is 82.8 Å². The maximum absolute atomic E-state index is 13.2. The van der Waals surface area contributed by atoms with Gasteiger partial charge in [0.05, 0.1) is 12.1 Å². The van der Waals surface area contributed by atoms with E-state index in [1.807, 2.05) is 36.4 Å². The van der Waals surface area contributed by atoms with Gasteiger partial charge in [-0.15, -0.1) is 5.10 Å². The molecule has 186 valence electrons. The van der Waals surface area contributed by atoms with Gasteiger partial charge in [-0.1, -0.05) is 42.5 Å². The summed E-state index contributed by atoms with van der Waals surface area (Å²) in [7, 11) is 0. The standard InChI is InChI=1S/C26H23F3N4O3/c27-26(28,29)20-7-3-6-19(14-20)24-31-32(25(35)33(24)21-9-10-21)13-12-30-23(34)16-36-22-11-8-17-4-1-2-5-18(17)15-22/h1-8,11,14-15,21H,9-10,12-13,16H2,(H,30,34). The van der Waals surface area contributed by atoms with Crippen molar-refractivity contribution in [2.75, 3.05) is 13.2 Å². The van der Waals surface area contributed by atoms with Gasteiger partial charge in [0.2, 0.25) is 0 Å². The van der Waals surface area contributed by atoms with Crippen LogP contribution in [-0.2, 0) is 17.5 Å². The SMILES string of the molecule is O=C(COc1ccc2ccccc2c1)NCCn1nc(-c2cccc(C(F)(F)F)c2)n(C2CC2)c1=O. The number of amides is 1. The number of halogens is 3. The fraction of sp³-hybridized carbons (Fsp3) is 0.269. The Hall–Kier alpha value is -4.08. The van der Waals surface area contributed by atoms with Crippen molar-refractivity contribution in [2.45, 2.75) is 31.6 Å². The van der Waals surface area contributed by atoms with Gasteiger partial charge in [-0.2, -0.15) is 13.2 Å². The van der Waals surface area contributed by atoms with Crippen molar-refractivity contribution in [1.82, 2.24) is 19.7 Å². The van der Waals surface area contributed by atoms with Crippen molar-refractivity contribution >= 4 is 16.7 Å². The fourth-order valence-electron chi connectivity index (χ4n) is 4.02. The molecule has 0 bridgehead atoms. The van der Waals surface area contributed by atoms with Crippen LogP contribution in [0, 0.1) is 0 Å². The zero-order valence-electron chi connectivity index (χ0n) is 19.2. The molecule has 10 heteroatoms. The number of hydrogen-bond acceptors (Lipinski definition) is 4. The second-order valence-corrected chi connectivity index (χ2v) is 8.66. The molecule has 1 heterocycles. The Bertz CT molecular complexity index is 1470. The predicted molar refractivity (Wildman–Crippen MR) is 128 cm³/mol. The molecule has 7 nitrogen and oxygen atoms in total. The van der Waals surface area contributed by atoms with Crippen LogP contribution in [0.5, 0.6) is 5.75 Å². The molecule has 1 aromatic heterocycles. The fourth-order valence-corrected chi connectivity index (χ4v) is 4.02. The molecule has 0 atom stereocenters. The first-order valence-corrected chi connectivity index (χ1v) is 11.5. The minimum atomic E-state index is -4.50. The maximum Gasteiger partial charge on any atom is 0.416 e. The molecular formula is C26H23F3N4O3. The second-order valence-electron chi connectivity index (χ2n) is 8.66. The molecule has 1 amide bonds. The Kier molecular flexibility index (Phi) is 6.26. The van der Waals surface area contributed by atoms with Gasteiger partial charge < -0.3 is 10.1 Å². The Morgan fingerprint density at radius 3 is 2.56 bits per heavy atom. The van der Waals surface area contributed by atoms with E-state index >= 15 is 0 Å². The summed E-state index contributed by atoms with van der Waals surface area (Å²) < 4.78 is 47.7. The van der Waals surface area contributed by atoms with E-state index in [2.05, 4.69) is 10.4 Å². The molecule has 1 aliphatic rings. The van der Waals surface area contributed by atoms with E-state index in [0.717, 1.165) is 35.7 Å². The zero-order valence-corrected chi connectivity index (χ0v) is 19.2. The van der Waals surface area contributed by atoms with Gasteiger partial charge in [0.25, 0.3) is 5.91 Å². The van der Waals surface area contributed by atoms with Crippen molar-refractivity contribution < 1.29 is 22.7 Å². The van der Waals surface area contributed by atoms with Gasteiger partial charge in [0.15, 0.2) is 12.4 Å². The number of aromatic nitrogens is 3. The van der Waals surface area contributed by atoms with Gasteiger partial charge in [0.1, 0.15) is 5.75 Å². The summed E-state index contributed by atoms with van der Waals surface area (Å²) in [4.78, 5) is 25.2. The number of carbonyl (C=O) groups is 1. The van der Waals surface area contributed by atoms with E-state index in [0.29, 0.717) is 5.75 Å². The highest BCUT2D eigenvalue weighted by Crippen LogP contribution is 2.37. The molecule has 4 aromatic rings. The van der Waals surface area contributed by atoms with Crippen LogP contribution < -0.4 is 15.7 Å². The molecule has 0 aliphatic heterocycles. The van der Waals surface area contributed by atoms with Gasteiger partial charge in [-0.25, -0.2) is 9.48 Å². The first-order chi connectivity index (χ1) is 17.3. The third-order valence-corrected chi connectivity index (χ3v) is 5.97. The minimum absolute atomic E-state index is 0.0756. The number of nitrogens with one attached hydrogen (secondary N) is 1. The van der Waals surface area contributed by atoms with Crippen LogP contribution in [0.25, 0.3) is 22.2 Å². The molecule has 0 radical (unpaired) electrons. The molecule has 1 fully saturated rings. The third kappa shape index (κ3) is 5.12. The Morgan fingerprint density at radius 1 is 1.03 bits per heavy atom. The number of benzene rings is 3. The summed E-state index contributed by atoms with van der Waals surface area (Å²) in [6, 6.07) is 18.0. The molecule has 3 aromatic carbocycles. The topological polar surface area (TPSA) is 78.2 Å². The zero-order chi connectivity index (χ0) is 25.3. The summed E-state index contributed by atoms with van der Waals surface area (Å²) in [5, 5.41) is 9.05. The lowest BCUT2D eigenvalue weighted by atomic mass is 10.1. The molecular weight excluding hydrogens is 473 g/mol. The van der Waals surface area contributed by atoms with Crippen molar-refractivity contribution in [1.29, 1.82) is 0 Å². The number of rotatable bonds is 8. The highest BCUT2D eigenvalue weighted by molar-refractivity contribution is 5.84. The first kappa shape index (κ1) is 23.7. The van der Waals surface area contributed by atoms with Crippen LogP contribution in [0.2, 0.25) is 0 Å². The normalized spacial score (nSPS) is 13.6. The summed E-state index contributed by atoms with van der Waals surface area (Å²) in [5.41, 5.74) is -0.991. The molecule has 1 saturated carbocycles. The highest BCUT2D eigenvalue weighted by atomic mass is 19.4. The van der Waals surface area contributed by atoms with E-state index in [9.17, 15) is 22.8 Å². The van der Waals surface area contributed by atoms with E-state index in [1.54, 1.807) is 6.07 Å². The van der Waals surface area contributed by atoms with Gasteiger partial charge in [0, 0.05) is 18.2 Å². The largest absolute Gasteiger partial charge is 0.484 e. The average molecular weight is 496 g/mol. The Labute approximate surface area is 204 Å². The lowest BCUT2D eigenvalue weighted by Crippen LogP contribution is -2.34. The Morgan fingerprint density at radius 2 is 1.81 bits per heavy atom. The van der Waals surface area contributed by atoms with Crippen molar-refractivity contribution in [3.8, 4) is 17.1 Å². The number of hydrogen-bond donors (Lipinski definition) is 1. The number of fused-ring (bicyclic) bond motifs is 1. The lowest BCUT2D eigenvalue weighted by molar-refractivity contribution is -0.137. The number of nitrogens with zero attached hydrogens (tertiary/aromatic N) is 3. The molecule has 36 heavy (non-hydrogen) atoms. The second kappa shape index (κ2) is 9.52. The summed E-state index contributed by atoms with van der Waals surface area (Å²) in [6.45, 7) is -0.00496. The lowest BCUT2D eigenvalue weighted by Gasteiger charge is -2.09. The van der Waals surface area contributed by atoms with Crippen LogP contribution >= 0.6 is 0 Å². The van der Waals surface area contributed by atoms with Gasteiger partial charge >= 0.3 is 11.9 Å². The Balaban J connectivity index is 1.23. The van der Waals surface area contributed by atoms with Gasteiger partial charge in [-0.3, -0.25) is 9.36 Å². The smallest absolute Gasteiger partial charge is 0.416 e. The molecule has 1 N–H and O–H groups in total. The maximum atomic E-state index is 13.2. The number of ether oxygens (including phenoxy) is 1. The van der Waals surface area contributed by atoms with E-state index < -0.39 is 17.4 Å². The first-order valence-electron chi connectivity index (χ1n) is 11.5. The van der Waals surface area contributed by atoms with Crippen LogP contribution in [0.1, 0.15) is 24.4 Å². The van der Waals surface area contributed by atoms with Crippen molar-refractivity contribution in [3.63, 3.8) is 0 Å². The van der Waals surface area contributed by atoms with Crippen LogP contribution in [0.15, 0.2) is 71.5 Å². The number of alkyl halides is 3. The average Bonchev–Trinajstić information content (AvgIpc) is 3.65. The van der Waals surface area contributed by atoms with E-state index in [4.69, 9.17) is 4.74 Å². The molecule has 0 unspecified atom stereocenters. The highest BCUT2D eigenvalue weighted by Gasteiger charge is 2.33. The summed E-state index contributed by atoms with van der Waals surface area (Å²) >= 11 is 0. The van der Waals surface area contributed by atoms with E-state index in [-0.39, 0.29) is 43.0 Å². The van der Waals surface area contributed by atoms with Crippen LogP contribution in [0.3, 0.4) is 0 Å². The van der Waals surface area contributed by atoms with E-state index in [1.165, 1.54) is 21.4 Å². The molecule has 0 spiro atoms. The molecule has 1 aliphatic carbocycles. The van der Waals surface area contributed by atoms with Crippen LogP contribution in [-0.4, -0.2) is 33.4 Å². The summed E-state index contributed by atoms with van der Waals surface area (Å²) in [6.07, 6.45) is -2.97. The van der Waals surface area contributed by atoms with Crippen LogP contribution in [0.4, 0.5) is 13.2 Å². The van der Waals surface area contributed by atoms with Crippen molar-refractivity contribution in [2.24, 2.45) is 0 Å². The number of carbonyl (C=O) groups excluding carboxylic acids is 1.